The number of nitrogens with zero attached hydrogens (tertiary/aromatic N) is 10. The standard InChI is InChI=1S/2C14H14N2O.2N3.2Zn/c2*1-11(13-7-2-3-8-14(13)17)16-10-12-6-4-5-9-15-12;2*1-3-2;;/h2*2-9,17H,10H2,1H3;;;;/q;;2*-1;2*+2/p-2. The van der Waals surface area contributed by atoms with E-state index in [4.69, 9.17) is 22.1 Å². The van der Waals surface area contributed by atoms with Gasteiger partial charge in [0.25, 0.3) is 0 Å². The van der Waals surface area contributed by atoms with Gasteiger partial charge in [0.05, 0.1) is 24.5 Å². The van der Waals surface area contributed by atoms with E-state index < -0.39 is 0 Å². The minimum Gasteiger partial charge on any atom is -0.872 e. The van der Waals surface area contributed by atoms with Crippen LogP contribution in [-0.2, 0) is 52.0 Å². The summed E-state index contributed by atoms with van der Waals surface area (Å²) < 4.78 is 0. The van der Waals surface area contributed by atoms with E-state index >= 15 is 0 Å². The van der Waals surface area contributed by atoms with Gasteiger partial charge in [0.15, 0.2) is 0 Å². The minimum atomic E-state index is 0. The van der Waals surface area contributed by atoms with Crippen LogP contribution in [0.3, 0.4) is 0 Å². The smallest absolute Gasteiger partial charge is 0.872 e. The molecular formula is C28H26N10O2Zn2. The van der Waals surface area contributed by atoms with Crippen molar-refractivity contribution in [3.8, 4) is 11.5 Å². The Balaban J connectivity index is 0. The Morgan fingerprint density at radius 1 is 0.595 bits per heavy atom. The van der Waals surface area contributed by atoms with E-state index in [1.165, 1.54) is 9.82 Å². The summed E-state index contributed by atoms with van der Waals surface area (Å²) in [7, 11) is 0. The number of para-hydroxylation sites is 2. The van der Waals surface area contributed by atoms with Gasteiger partial charge in [0, 0.05) is 23.8 Å². The van der Waals surface area contributed by atoms with Gasteiger partial charge in [0.2, 0.25) is 0 Å². The van der Waals surface area contributed by atoms with Crippen molar-refractivity contribution < 1.29 is 49.2 Å². The van der Waals surface area contributed by atoms with Crippen molar-refractivity contribution in [3.05, 3.63) is 152 Å². The van der Waals surface area contributed by atoms with Gasteiger partial charge < -0.3 is 32.3 Å². The van der Waals surface area contributed by atoms with Crippen molar-refractivity contribution in [1.82, 2.24) is 9.97 Å². The van der Waals surface area contributed by atoms with Crippen LogP contribution in [0.2, 0.25) is 0 Å². The Hall–Kier alpha value is -4.45. The minimum absolute atomic E-state index is 0. The Bertz CT molecular complexity index is 1330. The van der Waals surface area contributed by atoms with Crippen molar-refractivity contribution in [3.63, 3.8) is 0 Å². The summed E-state index contributed by atoms with van der Waals surface area (Å²) in [6, 6.07) is 25.3. The van der Waals surface area contributed by atoms with Gasteiger partial charge in [-0.15, -0.1) is 0 Å². The summed E-state index contributed by atoms with van der Waals surface area (Å²) in [5.41, 5.74) is 31.6. The molecule has 2 aromatic carbocycles. The van der Waals surface area contributed by atoms with Gasteiger partial charge >= 0.3 is 39.0 Å². The molecule has 14 heteroatoms. The molecule has 0 saturated heterocycles. The average Bonchev–Trinajstić information content (AvgIpc) is 2.97. The van der Waals surface area contributed by atoms with Crippen molar-refractivity contribution in [1.29, 1.82) is 0 Å². The maximum absolute atomic E-state index is 11.6. The maximum Gasteiger partial charge on any atom is 2.00 e. The molecule has 0 N–H and O–H groups in total. The Morgan fingerprint density at radius 3 is 1.19 bits per heavy atom. The topological polar surface area (TPSA) is 214 Å². The molecule has 2 heterocycles. The third kappa shape index (κ3) is 16.0. The van der Waals surface area contributed by atoms with Gasteiger partial charge in [-0.05, 0) is 49.2 Å². The molecule has 0 saturated carbocycles. The van der Waals surface area contributed by atoms with Crippen molar-refractivity contribution in [2.45, 2.75) is 26.9 Å². The summed E-state index contributed by atoms with van der Waals surface area (Å²) in [6.07, 6.45) is 3.48. The average molecular weight is 665 g/mol. The van der Waals surface area contributed by atoms with Gasteiger partial charge in [0.1, 0.15) is 0 Å². The molecular weight excluding hydrogens is 639 g/mol. The van der Waals surface area contributed by atoms with E-state index in [-0.39, 0.29) is 50.5 Å². The molecule has 0 atom stereocenters. The SMILES string of the molecule is CC(=NCc1ccccn1)c1ccccc1[O-].CC(=NCc1ccccn1)c1ccccc1[O-].[N-]=[N+]=[N-].[N-]=[N+]=[N-].[Zn+2].[Zn+2]. The predicted octanol–water partition coefficient (Wildman–Crippen LogP) is 6.06. The van der Waals surface area contributed by atoms with E-state index in [1.54, 1.807) is 48.8 Å². The van der Waals surface area contributed by atoms with Gasteiger partial charge in [-0.2, -0.15) is 0 Å². The molecule has 4 rings (SSSR count). The molecule has 0 unspecified atom stereocenters. The molecule has 12 nitrogen and oxygen atoms in total. The second kappa shape index (κ2) is 24.4. The molecule has 0 aliphatic heterocycles. The van der Waals surface area contributed by atoms with Crippen LogP contribution in [0.4, 0.5) is 0 Å². The zero-order chi connectivity index (χ0) is 29.6. The summed E-state index contributed by atoms with van der Waals surface area (Å²) in [4.78, 5) is 20.1. The summed E-state index contributed by atoms with van der Waals surface area (Å²) in [6.45, 7) is 4.70. The van der Waals surface area contributed by atoms with Crippen molar-refractivity contribution in [2.24, 2.45) is 9.98 Å². The second-order valence-corrected chi connectivity index (χ2v) is 7.62. The first kappa shape index (κ1) is 39.7. The number of aliphatic imine (C=N–C) groups is 2. The Kier molecular flexibility index (Phi) is 23.0. The zero-order valence-electron chi connectivity index (χ0n) is 23.4. The number of benzene rings is 2. The van der Waals surface area contributed by atoms with E-state index in [1.807, 2.05) is 62.4 Å². The van der Waals surface area contributed by atoms with Crippen LogP contribution in [0.1, 0.15) is 36.4 Å². The molecule has 0 aliphatic carbocycles. The number of rotatable bonds is 6. The Labute approximate surface area is 269 Å². The first-order valence-electron chi connectivity index (χ1n) is 11.7. The van der Waals surface area contributed by atoms with Crippen LogP contribution < -0.4 is 10.2 Å². The summed E-state index contributed by atoms with van der Waals surface area (Å²) >= 11 is 0. The summed E-state index contributed by atoms with van der Waals surface area (Å²) in [5.74, 6) is 0.0181. The fourth-order valence-corrected chi connectivity index (χ4v) is 3.08. The van der Waals surface area contributed by atoms with Crippen LogP contribution in [-0.4, -0.2) is 21.4 Å². The molecule has 0 fully saturated rings. The fraction of sp³-hybridized carbons (Fsp3) is 0.143. The first-order chi connectivity index (χ1) is 19.4. The third-order valence-electron chi connectivity index (χ3n) is 4.96. The van der Waals surface area contributed by atoms with Crippen LogP contribution in [0.5, 0.6) is 11.5 Å². The molecule has 204 valence electrons. The van der Waals surface area contributed by atoms with E-state index in [0.717, 1.165) is 22.8 Å². The molecule has 0 aliphatic rings. The quantitative estimate of drug-likeness (QED) is 0.0789. The van der Waals surface area contributed by atoms with E-state index in [9.17, 15) is 10.2 Å². The molecule has 0 bridgehead atoms. The van der Waals surface area contributed by atoms with Crippen LogP contribution in [0, 0.1) is 0 Å². The largest absolute Gasteiger partial charge is 2.00 e. The maximum atomic E-state index is 11.6. The number of hydrogen-bond donors (Lipinski definition) is 0. The molecule has 0 radical (unpaired) electrons. The fourth-order valence-electron chi connectivity index (χ4n) is 3.08. The van der Waals surface area contributed by atoms with Crippen molar-refractivity contribution in [2.75, 3.05) is 0 Å². The number of hydrogen-bond acceptors (Lipinski definition) is 6. The van der Waals surface area contributed by atoms with Crippen LogP contribution in [0.15, 0.2) is 107 Å². The molecule has 0 spiro atoms. The first-order valence-corrected chi connectivity index (χ1v) is 11.7. The number of pyridine rings is 2. The third-order valence-corrected chi connectivity index (χ3v) is 4.96. The molecule has 4 aromatic rings. The molecule has 42 heavy (non-hydrogen) atoms. The molecule has 2 aromatic heterocycles. The van der Waals surface area contributed by atoms with Crippen LogP contribution >= 0.6 is 0 Å². The number of aromatic nitrogens is 2. The van der Waals surface area contributed by atoms with Crippen LogP contribution in [0.25, 0.3) is 31.9 Å². The second-order valence-electron chi connectivity index (χ2n) is 7.62. The van der Waals surface area contributed by atoms with Crippen molar-refractivity contribution >= 4 is 11.4 Å². The van der Waals surface area contributed by atoms with E-state index in [0.29, 0.717) is 24.2 Å². The monoisotopic (exact) mass is 662 g/mol. The molecule has 0 amide bonds. The van der Waals surface area contributed by atoms with Gasteiger partial charge in [-0.1, -0.05) is 72.2 Å². The van der Waals surface area contributed by atoms with E-state index in [2.05, 4.69) is 20.0 Å². The normalized spacial score (nSPS) is 9.67. The zero-order valence-corrected chi connectivity index (χ0v) is 29.3. The van der Waals surface area contributed by atoms with Gasteiger partial charge in [-0.3, -0.25) is 29.8 Å². The Morgan fingerprint density at radius 2 is 0.905 bits per heavy atom. The summed E-state index contributed by atoms with van der Waals surface area (Å²) in [5, 5.41) is 23.2. The van der Waals surface area contributed by atoms with Gasteiger partial charge in [-0.25, -0.2) is 0 Å². The predicted molar refractivity (Wildman–Crippen MR) is 152 cm³/mol.